The van der Waals surface area contributed by atoms with Gasteiger partial charge in [0.2, 0.25) is 11.8 Å². The molecule has 2 aliphatic rings. The van der Waals surface area contributed by atoms with Crippen LogP contribution >= 0.6 is 0 Å². The molecule has 2 aliphatic heterocycles. The van der Waals surface area contributed by atoms with Gasteiger partial charge in [0.1, 0.15) is 0 Å². The fraction of sp³-hybridized carbons (Fsp3) is 0.391. The third-order valence-corrected chi connectivity index (χ3v) is 5.85. The minimum absolute atomic E-state index is 0.0576. The quantitative estimate of drug-likeness (QED) is 0.823. The lowest BCUT2D eigenvalue weighted by atomic mass is 10.1. The Kier molecular flexibility index (Phi) is 5.33. The minimum Gasteiger partial charge on any atom is -0.368 e. The molecule has 0 N–H and O–H groups in total. The molecule has 0 aromatic heterocycles. The Balaban J connectivity index is 1.39. The minimum atomic E-state index is -0.235. The molecule has 2 fully saturated rings. The molecule has 0 bridgehead atoms. The van der Waals surface area contributed by atoms with E-state index in [9.17, 15) is 9.59 Å². The van der Waals surface area contributed by atoms with E-state index in [0.717, 1.165) is 30.8 Å². The molecular formula is C23H27N3O2. The second kappa shape index (κ2) is 8.05. The smallest absolute Gasteiger partial charge is 0.228 e. The highest BCUT2D eigenvalue weighted by atomic mass is 16.2. The van der Waals surface area contributed by atoms with Gasteiger partial charge in [0.25, 0.3) is 0 Å². The van der Waals surface area contributed by atoms with E-state index in [1.54, 1.807) is 0 Å². The first-order valence-electron chi connectivity index (χ1n) is 10.1. The van der Waals surface area contributed by atoms with E-state index in [2.05, 4.69) is 30.0 Å². The summed E-state index contributed by atoms with van der Waals surface area (Å²) < 4.78 is 0. The maximum Gasteiger partial charge on any atom is 0.228 e. The molecule has 0 spiro atoms. The molecule has 0 unspecified atom stereocenters. The summed E-state index contributed by atoms with van der Waals surface area (Å²) in [4.78, 5) is 31.7. The summed E-state index contributed by atoms with van der Waals surface area (Å²) >= 11 is 0. The van der Waals surface area contributed by atoms with E-state index in [-0.39, 0.29) is 17.7 Å². The number of rotatable bonds is 4. The molecule has 1 atom stereocenters. The first-order valence-corrected chi connectivity index (χ1v) is 10.1. The highest BCUT2D eigenvalue weighted by Crippen LogP contribution is 2.29. The molecule has 2 saturated heterocycles. The number of para-hydroxylation sites is 2. The van der Waals surface area contributed by atoms with Crippen LogP contribution in [0.2, 0.25) is 0 Å². The SMILES string of the molecule is CCc1ccccc1N1C[C@H](C(=O)N2CCN(c3ccccc3)CC2)CC1=O. The van der Waals surface area contributed by atoms with E-state index in [1.165, 1.54) is 5.69 Å². The van der Waals surface area contributed by atoms with Crippen molar-refractivity contribution in [3.05, 3.63) is 60.2 Å². The number of hydrogen-bond donors (Lipinski definition) is 0. The summed E-state index contributed by atoms with van der Waals surface area (Å²) in [5, 5.41) is 0. The zero-order valence-electron chi connectivity index (χ0n) is 16.4. The van der Waals surface area contributed by atoms with Crippen molar-refractivity contribution >= 4 is 23.2 Å². The molecule has 2 aromatic carbocycles. The summed E-state index contributed by atoms with van der Waals surface area (Å²) in [6.45, 7) is 5.67. The molecular weight excluding hydrogens is 350 g/mol. The zero-order valence-corrected chi connectivity index (χ0v) is 16.4. The highest BCUT2D eigenvalue weighted by Gasteiger charge is 2.38. The number of aryl methyl sites for hydroxylation is 1. The van der Waals surface area contributed by atoms with Gasteiger partial charge in [-0.3, -0.25) is 9.59 Å². The molecule has 0 radical (unpaired) electrons. The number of piperazine rings is 1. The van der Waals surface area contributed by atoms with Crippen molar-refractivity contribution < 1.29 is 9.59 Å². The largest absolute Gasteiger partial charge is 0.368 e. The zero-order chi connectivity index (χ0) is 19.5. The van der Waals surface area contributed by atoms with Crippen LogP contribution in [0.25, 0.3) is 0 Å². The fourth-order valence-electron chi connectivity index (χ4n) is 4.26. The molecule has 2 heterocycles. The number of anilines is 2. The van der Waals surface area contributed by atoms with Gasteiger partial charge in [-0.15, -0.1) is 0 Å². The molecule has 4 rings (SSSR count). The first kappa shape index (κ1) is 18.5. The van der Waals surface area contributed by atoms with Crippen molar-refractivity contribution in [3.8, 4) is 0 Å². The number of carbonyl (C=O) groups excluding carboxylic acids is 2. The standard InChI is InChI=1S/C23H27N3O2/c1-2-18-8-6-7-11-21(18)26-17-19(16-22(26)27)23(28)25-14-12-24(13-15-25)20-9-4-3-5-10-20/h3-11,19H,2,12-17H2,1H3/t19-/m1/s1. The monoisotopic (exact) mass is 377 g/mol. The van der Waals surface area contributed by atoms with Crippen LogP contribution in [0, 0.1) is 5.92 Å². The van der Waals surface area contributed by atoms with Gasteiger partial charge in [0, 0.05) is 50.5 Å². The molecule has 0 saturated carbocycles. The van der Waals surface area contributed by atoms with Crippen LogP contribution in [0.1, 0.15) is 18.9 Å². The normalized spacial score (nSPS) is 20.0. The lowest BCUT2D eigenvalue weighted by molar-refractivity contribution is -0.136. The van der Waals surface area contributed by atoms with Gasteiger partial charge >= 0.3 is 0 Å². The molecule has 146 valence electrons. The topological polar surface area (TPSA) is 43.9 Å². The van der Waals surface area contributed by atoms with Crippen LogP contribution in [0.4, 0.5) is 11.4 Å². The van der Waals surface area contributed by atoms with Crippen LogP contribution in [-0.2, 0) is 16.0 Å². The number of hydrogen-bond acceptors (Lipinski definition) is 3. The molecule has 0 aliphatic carbocycles. The molecule has 2 aromatic rings. The van der Waals surface area contributed by atoms with E-state index in [4.69, 9.17) is 0 Å². The molecule has 5 heteroatoms. The Morgan fingerprint density at radius 1 is 0.964 bits per heavy atom. The molecule has 28 heavy (non-hydrogen) atoms. The van der Waals surface area contributed by atoms with Crippen molar-refractivity contribution in [1.82, 2.24) is 4.90 Å². The van der Waals surface area contributed by atoms with E-state index >= 15 is 0 Å². The average molecular weight is 377 g/mol. The van der Waals surface area contributed by atoms with Crippen molar-refractivity contribution in [1.29, 1.82) is 0 Å². The number of amides is 2. The maximum atomic E-state index is 13.0. The van der Waals surface area contributed by atoms with Crippen molar-refractivity contribution in [2.24, 2.45) is 5.92 Å². The van der Waals surface area contributed by atoms with Gasteiger partial charge in [0.15, 0.2) is 0 Å². The van der Waals surface area contributed by atoms with Crippen molar-refractivity contribution in [3.63, 3.8) is 0 Å². The summed E-state index contributed by atoms with van der Waals surface area (Å²) in [7, 11) is 0. The lowest BCUT2D eigenvalue weighted by Crippen LogP contribution is -2.50. The van der Waals surface area contributed by atoms with Crippen molar-refractivity contribution in [2.75, 3.05) is 42.5 Å². The first-order chi connectivity index (χ1) is 13.7. The maximum absolute atomic E-state index is 13.0. The second-order valence-electron chi connectivity index (χ2n) is 7.54. The second-order valence-corrected chi connectivity index (χ2v) is 7.54. The predicted molar refractivity (Wildman–Crippen MR) is 112 cm³/mol. The van der Waals surface area contributed by atoms with Crippen LogP contribution in [0.3, 0.4) is 0 Å². The van der Waals surface area contributed by atoms with Gasteiger partial charge < -0.3 is 14.7 Å². The van der Waals surface area contributed by atoms with Gasteiger partial charge in [-0.05, 0) is 30.2 Å². The summed E-state index contributed by atoms with van der Waals surface area (Å²) in [5.41, 5.74) is 3.31. The average Bonchev–Trinajstić information content (AvgIpc) is 3.15. The Morgan fingerprint density at radius 3 is 2.36 bits per heavy atom. The van der Waals surface area contributed by atoms with Gasteiger partial charge in [0.05, 0.1) is 5.92 Å². The van der Waals surface area contributed by atoms with Crippen LogP contribution in [0.15, 0.2) is 54.6 Å². The Morgan fingerprint density at radius 2 is 1.64 bits per heavy atom. The van der Waals surface area contributed by atoms with Gasteiger partial charge in [-0.2, -0.15) is 0 Å². The molecule has 5 nitrogen and oxygen atoms in total. The van der Waals surface area contributed by atoms with Gasteiger partial charge in [-0.25, -0.2) is 0 Å². The number of nitrogens with zero attached hydrogens (tertiary/aromatic N) is 3. The van der Waals surface area contributed by atoms with Gasteiger partial charge in [-0.1, -0.05) is 43.3 Å². The van der Waals surface area contributed by atoms with E-state index in [0.29, 0.717) is 26.1 Å². The number of benzene rings is 2. The Labute approximate surface area is 166 Å². The third-order valence-electron chi connectivity index (χ3n) is 5.85. The van der Waals surface area contributed by atoms with E-state index < -0.39 is 0 Å². The van der Waals surface area contributed by atoms with Crippen molar-refractivity contribution in [2.45, 2.75) is 19.8 Å². The lowest BCUT2D eigenvalue weighted by Gasteiger charge is -2.37. The third kappa shape index (κ3) is 3.61. The summed E-state index contributed by atoms with van der Waals surface area (Å²) in [6.07, 6.45) is 1.19. The van der Waals surface area contributed by atoms with Crippen LogP contribution in [0.5, 0.6) is 0 Å². The highest BCUT2D eigenvalue weighted by molar-refractivity contribution is 6.00. The fourth-order valence-corrected chi connectivity index (χ4v) is 4.26. The van der Waals surface area contributed by atoms with Crippen LogP contribution < -0.4 is 9.80 Å². The number of carbonyl (C=O) groups is 2. The Hall–Kier alpha value is -2.82. The van der Waals surface area contributed by atoms with Crippen LogP contribution in [-0.4, -0.2) is 49.4 Å². The Bertz CT molecular complexity index is 844. The molecule has 2 amide bonds. The predicted octanol–water partition coefficient (Wildman–Crippen LogP) is 2.95. The summed E-state index contributed by atoms with van der Waals surface area (Å²) in [6, 6.07) is 18.3. The summed E-state index contributed by atoms with van der Waals surface area (Å²) in [5.74, 6) is -0.0552. The van der Waals surface area contributed by atoms with E-state index in [1.807, 2.05) is 46.2 Å².